The van der Waals surface area contributed by atoms with Gasteiger partial charge < -0.3 is 4.74 Å². The van der Waals surface area contributed by atoms with E-state index in [0.717, 1.165) is 0 Å². The van der Waals surface area contributed by atoms with Crippen LogP contribution in [0.5, 0.6) is 0 Å². The Morgan fingerprint density at radius 3 is 1.24 bits per heavy atom. The van der Waals surface area contributed by atoms with Gasteiger partial charge in [0.1, 0.15) is 0 Å². The second-order valence-corrected chi connectivity index (χ2v) is 6.33. The molecule has 0 saturated heterocycles. The van der Waals surface area contributed by atoms with Crippen molar-refractivity contribution in [1.29, 1.82) is 0 Å². The molecule has 0 aromatic rings. The third kappa shape index (κ3) is 4.44. The molecule has 0 N–H and O–H groups in total. The van der Waals surface area contributed by atoms with Crippen molar-refractivity contribution in [2.75, 3.05) is 6.61 Å². The maximum atomic E-state index is 13.6. The molecule has 0 radical (unpaired) electrons. The van der Waals surface area contributed by atoms with Gasteiger partial charge in [-0.1, -0.05) is 13.5 Å². The predicted molar refractivity (Wildman–Crippen MR) is 75.6 cm³/mol. The molecule has 0 heterocycles. The van der Waals surface area contributed by atoms with Gasteiger partial charge in [0.05, 0.1) is 13.0 Å². The predicted octanol–water partition coefficient (Wildman–Crippen LogP) is 6.60. The number of rotatable bonds is 12. The van der Waals surface area contributed by atoms with Gasteiger partial charge in [-0.15, -0.1) is 0 Å². The van der Waals surface area contributed by atoms with Gasteiger partial charge in [-0.05, 0) is 0 Å². The van der Waals surface area contributed by atoms with E-state index in [2.05, 4.69) is 11.3 Å². The average molecular weight is 528 g/mol. The van der Waals surface area contributed by atoms with Gasteiger partial charge in [0.2, 0.25) is 0 Å². The fraction of sp³-hybridized carbons (Fsp3) is 0.800. The van der Waals surface area contributed by atoms with Crippen LogP contribution in [-0.2, 0) is 9.53 Å². The van der Waals surface area contributed by atoms with Gasteiger partial charge in [-0.25, -0.2) is 4.79 Å². The Morgan fingerprint density at radius 1 is 0.636 bits per heavy atom. The molecule has 0 aromatic carbocycles. The second kappa shape index (κ2) is 8.70. The van der Waals surface area contributed by atoms with Crippen molar-refractivity contribution in [3.05, 3.63) is 12.7 Å². The van der Waals surface area contributed by atoms with Gasteiger partial charge >= 0.3 is 53.3 Å². The minimum absolute atomic E-state index is 0.0389. The molecular formula is C15H12F16O2. The van der Waals surface area contributed by atoms with Crippen LogP contribution < -0.4 is 0 Å². The lowest BCUT2D eigenvalue weighted by atomic mass is 9.86. The molecule has 0 aromatic heterocycles. The molecule has 0 rings (SSSR count). The van der Waals surface area contributed by atoms with Crippen molar-refractivity contribution in [3.8, 4) is 0 Å². The zero-order chi connectivity index (χ0) is 27.1. The summed E-state index contributed by atoms with van der Waals surface area (Å²) in [6.45, 7) is 0.710. The topological polar surface area (TPSA) is 26.3 Å². The molecular weight excluding hydrogens is 516 g/mol. The summed E-state index contributed by atoms with van der Waals surface area (Å²) in [4.78, 5) is 10.6. The fourth-order valence-corrected chi connectivity index (χ4v) is 1.97. The van der Waals surface area contributed by atoms with E-state index in [1.165, 1.54) is 0 Å². The summed E-state index contributed by atoms with van der Waals surface area (Å²) in [6.07, 6.45) is -4.99. The minimum Gasteiger partial charge on any atom is -0.462 e. The standard InChI is InChI=1S/C15H12F16O2/c1-3-7(32)33-6-5-9(18,19)11(22,23)13(26,27)15(30,31)14(28,29)12(24,25)10(20,21)8(16,17)4-2/h3H,1,4-6H2,2H3. The number of alkyl halides is 16. The van der Waals surface area contributed by atoms with Gasteiger partial charge in [0, 0.05) is 12.5 Å². The number of esters is 1. The van der Waals surface area contributed by atoms with Crippen LogP contribution in [0.15, 0.2) is 12.7 Å². The molecule has 0 atom stereocenters. The van der Waals surface area contributed by atoms with E-state index in [0.29, 0.717) is 0 Å². The maximum absolute atomic E-state index is 13.6. The van der Waals surface area contributed by atoms with Gasteiger partial charge in [-0.2, -0.15) is 70.2 Å². The number of hydrogen-bond acceptors (Lipinski definition) is 2. The highest BCUT2D eigenvalue weighted by atomic mass is 19.4. The smallest absolute Gasteiger partial charge is 0.384 e. The summed E-state index contributed by atoms with van der Waals surface area (Å²) in [6, 6.07) is 0. The number of carbonyl (C=O) groups is 1. The van der Waals surface area contributed by atoms with Crippen LogP contribution >= 0.6 is 0 Å². The summed E-state index contributed by atoms with van der Waals surface area (Å²) in [5.74, 6) is -62.9. The molecule has 0 bridgehead atoms. The van der Waals surface area contributed by atoms with Crippen LogP contribution in [0.3, 0.4) is 0 Å². The van der Waals surface area contributed by atoms with Crippen LogP contribution in [0.1, 0.15) is 19.8 Å². The highest BCUT2D eigenvalue weighted by Gasteiger charge is 2.94. The molecule has 0 aliphatic carbocycles. The van der Waals surface area contributed by atoms with Crippen molar-refractivity contribution >= 4 is 5.97 Å². The molecule has 33 heavy (non-hydrogen) atoms. The SMILES string of the molecule is C=CC(=O)OCCC(F)(F)C(F)(F)C(F)(F)C(F)(F)C(F)(F)C(F)(F)C(F)(F)C(F)(F)CC. The average Bonchev–Trinajstić information content (AvgIpc) is 2.66. The van der Waals surface area contributed by atoms with Crippen LogP contribution in [0.4, 0.5) is 70.2 Å². The monoisotopic (exact) mass is 528 g/mol. The van der Waals surface area contributed by atoms with E-state index in [-0.39, 0.29) is 13.0 Å². The molecule has 0 unspecified atom stereocenters. The first-order valence-corrected chi connectivity index (χ1v) is 8.08. The maximum Gasteiger partial charge on any atom is 0.384 e. The second-order valence-electron chi connectivity index (χ2n) is 6.33. The van der Waals surface area contributed by atoms with Crippen molar-refractivity contribution in [1.82, 2.24) is 0 Å². The molecule has 0 spiro atoms. The van der Waals surface area contributed by atoms with E-state index >= 15 is 0 Å². The van der Waals surface area contributed by atoms with Gasteiger partial charge in [-0.3, -0.25) is 0 Å². The van der Waals surface area contributed by atoms with Crippen LogP contribution in [-0.4, -0.2) is 60.0 Å². The molecule has 0 fully saturated rings. The van der Waals surface area contributed by atoms with E-state index < -0.39 is 72.8 Å². The molecule has 0 saturated carbocycles. The zero-order valence-electron chi connectivity index (χ0n) is 15.8. The van der Waals surface area contributed by atoms with Crippen molar-refractivity contribution in [2.24, 2.45) is 0 Å². The number of ether oxygens (including phenoxy) is 1. The van der Waals surface area contributed by atoms with Gasteiger partial charge in [0.15, 0.2) is 0 Å². The van der Waals surface area contributed by atoms with Gasteiger partial charge in [0.25, 0.3) is 0 Å². The number of carbonyl (C=O) groups excluding carboxylic acids is 1. The lowest BCUT2D eigenvalue weighted by Gasteiger charge is -2.43. The van der Waals surface area contributed by atoms with Crippen LogP contribution in [0.2, 0.25) is 0 Å². The molecule has 2 nitrogen and oxygen atoms in total. The van der Waals surface area contributed by atoms with Crippen molar-refractivity contribution < 1.29 is 79.8 Å². The Bertz CT molecular complexity index is 727. The first kappa shape index (κ1) is 31.1. The highest BCUT2D eigenvalue weighted by Crippen LogP contribution is 2.64. The fourth-order valence-electron chi connectivity index (χ4n) is 1.97. The quantitative estimate of drug-likeness (QED) is 0.162. The van der Waals surface area contributed by atoms with E-state index in [4.69, 9.17) is 0 Å². The normalized spacial score (nSPS) is 15.4. The first-order chi connectivity index (χ1) is 14.3. The van der Waals surface area contributed by atoms with E-state index in [9.17, 15) is 75.0 Å². The summed E-state index contributed by atoms with van der Waals surface area (Å²) in [5.41, 5.74) is 0. The lowest BCUT2D eigenvalue weighted by Crippen LogP contribution is -2.74. The summed E-state index contributed by atoms with van der Waals surface area (Å²) < 4.78 is 218. The van der Waals surface area contributed by atoms with Crippen LogP contribution in [0.25, 0.3) is 0 Å². The molecule has 0 aliphatic rings. The third-order valence-corrected chi connectivity index (χ3v) is 4.16. The Labute approximate surface area is 173 Å². The Kier molecular flexibility index (Phi) is 8.20. The first-order valence-electron chi connectivity index (χ1n) is 8.08. The summed E-state index contributed by atoms with van der Waals surface area (Å²) >= 11 is 0. The minimum atomic E-state index is -8.46. The number of hydrogen-bond donors (Lipinski definition) is 0. The Morgan fingerprint density at radius 2 is 0.939 bits per heavy atom. The molecule has 18 heteroatoms. The summed E-state index contributed by atoms with van der Waals surface area (Å²) in [7, 11) is 0. The van der Waals surface area contributed by atoms with Crippen molar-refractivity contribution in [2.45, 2.75) is 67.1 Å². The summed E-state index contributed by atoms with van der Waals surface area (Å²) in [5, 5.41) is 0. The highest BCUT2D eigenvalue weighted by molar-refractivity contribution is 5.81. The number of halogens is 16. The zero-order valence-corrected chi connectivity index (χ0v) is 15.8. The Hall–Kier alpha value is -1.91. The molecule has 0 aliphatic heterocycles. The molecule has 0 amide bonds. The van der Waals surface area contributed by atoms with Crippen molar-refractivity contribution in [3.63, 3.8) is 0 Å². The molecule has 196 valence electrons. The third-order valence-electron chi connectivity index (χ3n) is 4.16. The lowest BCUT2D eigenvalue weighted by molar-refractivity contribution is -0.453. The Balaban J connectivity index is 6.47. The largest absolute Gasteiger partial charge is 0.462 e. The van der Waals surface area contributed by atoms with E-state index in [1.54, 1.807) is 0 Å². The van der Waals surface area contributed by atoms with E-state index in [1.807, 2.05) is 0 Å². The van der Waals surface area contributed by atoms with Crippen LogP contribution in [0, 0.1) is 0 Å².